The van der Waals surface area contributed by atoms with Crippen LogP contribution in [0.2, 0.25) is 0 Å². The minimum atomic E-state index is 0.0140. The maximum Gasteiger partial charge on any atom is 0.256 e. The molecule has 0 bridgehead atoms. The molecular formula is C17H21N3O2S. The van der Waals surface area contributed by atoms with Gasteiger partial charge in [0.2, 0.25) is 5.91 Å². The van der Waals surface area contributed by atoms with Crippen LogP contribution < -0.4 is 0 Å². The predicted molar refractivity (Wildman–Crippen MR) is 88.5 cm³/mol. The van der Waals surface area contributed by atoms with E-state index in [2.05, 4.69) is 9.88 Å². The number of nitrogens with zero attached hydrogens (tertiary/aromatic N) is 2. The molecular weight excluding hydrogens is 310 g/mol. The Labute approximate surface area is 140 Å². The molecule has 2 amide bonds. The number of carbonyl (C=O) groups is 2. The molecule has 0 aromatic carbocycles. The van der Waals surface area contributed by atoms with Crippen LogP contribution in [0.4, 0.5) is 0 Å². The van der Waals surface area contributed by atoms with Crippen molar-refractivity contribution in [3.63, 3.8) is 0 Å². The van der Waals surface area contributed by atoms with Gasteiger partial charge in [0.05, 0.1) is 5.56 Å². The Balaban J connectivity index is 1.51. The van der Waals surface area contributed by atoms with Crippen molar-refractivity contribution in [3.05, 3.63) is 28.5 Å². The van der Waals surface area contributed by atoms with E-state index >= 15 is 0 Å². The number of aromatic amines is 1. The van der Waals surface area contributed by atoms with Crippen molar-refractivity contribution in [2.75, 3.05) is 13.1 Å². The van der Waals surface area contributed by atoms with Crippen LogP contribution >= 0.6 is 12.2 Å². The van der Waals surface area contributed by atoms with E-state index in [1.807, 2.05) is 11.0 Å². The summed E-state index contributed by atoms with van der Waals surface area (Å²) in [6.45, 7) is 1.45. The first-order chi connectivity index (χ1) is 11.1. The number of amides is 2. The number of pyridine rings is 1. The minimum absolute atomic E-state index is 0.0140. The Bertz CT molecular complexity index is 697. The van der Waals surface area contributed by atoms with Gasteiger partial charge in [0.15, 0.2) is 0 Å². The Kier molecular flexibility index (Phi) is 3.71. The van der Waals surface area contributed by atoms with Gasteiger partial charge >= 0.3 is 0 Å². The van der Waals surface area contributed by atoms with E-state index in [-0.39, 0.29) is 5.91 Å². The van der Waals surface area contributed by atoms with Crippen molar-refractivity contribution in [1.82, 2.24) is 14.8 Å². The van der Waals surface area contributed by atoms with Crippen molar-refractivity contribution in [1.29, 1.82) is 0 Å². The Hall–Kier alpha value is -1.69. The van der Waals surface area contributed by atoms with Gasteiger partial charge in [-0.3, -0.25) is 9.59 Å². The van der Waals surface area contributed by atoms with Gasteiger partial charge < -0.3 is 14.8 Å². The van der Waals surface area contributed by atoms with Crippen molar-refractivity contribution >= 4 is 24.0 Å². The second kappa shape index (κ2) is 5.74. The second-order valence-corrected chi connectivity index (χ2v) is 7.26. The molecule has 23 heavy (non-hydrogen) atoms. The lowest BCUT2D eigenvalue weighted by molar-refractivity contribution is -0.141. The molecule has 5 nitrogen and oxygen atoms in total. The molecule has 3 heterocycles. The number of fused-ring (bicyclic) bond motifs is 1. The van der Waals surface area contributed by atoms with Crippen molar-refractivity contribution < 1.29 is 9.59 Å². The summed E-state index contributed by atoms with van der Waals surface area (Å²) in [5.41, 5.74) is 0.576. The molecule has 6 heteroatoms. The SMILES string of the molecule is O=C(c1ccc[nH]c1=S)N1CC[C@H]2[C@@H](CCC(=O)N2C2CC2)C1. The van der Waals surface area contributed by atoms with E-state index in [0.717, 1.165) is 32.2 Å². The fourth-order valence-electron chi connectivity index (χ4n) is 4.06. The van der Waals surface area contributed by atoms with E-state index in [1.54, 1.807) is 12.3 Å². The normalized spacial score (nSPS) is 27.7. The monoisotopic (exact) mass is 331 g/mol. The lowest BCUT2D eigenvalue weighted by Gasteiger charge is -2.47. The van der Waals surface area contributed by atoms with Gasteiger partial charge in [0.25, 0.3) is 5.91 Å². The van der Waals surface area contributed by atoms with Gasteiger partial charge in [-0.15, -0.1) is 0 Å². The number of hydrogen-bond acceptors (Lipinski definition) is 3. The summed E-state index contributed by atoms with van der Waals surface area (Å²) in [4.78, 5) is 32.0. The number of H-pyrrole nitrogens is 1. The quantitative estimate of drug-likeness (QED) is 0.847. The van der Waals surface area contributed by atoms with Gasteiger partial charge in [0.1, 0.15) is 4.64 Å². The zero-order valence-electron chi connectivity index (χ0n) is 13.0. The Morgan fingerprint density at radius 2 is 2.09 bits per heavy atom. The van der Waals surface area contributed by atoms with Crippen LogP contribution in [0.5, 0.6) is 0 Å². The number of hydrogen-bond donors (Lipinski definition) is 1. The van der Waals surface area contributed by atoms with Gasteiger partial charge in [-0.25, -0.2) is 0 Å². The number of aromatic nitrogens is 1. The molecule has 3 fully saturated rings. The van der Waals surface area contributed by atoms with E-state index in [0.29, 0.717) is 47.1 Å². The highest BCUT2D eigenvalue weighted by molar-refractivity contribution is 7.71. The summed E-state index contributed by atoms with van der Waals surface area (Å²) >= 11 is 5.23. The van der Waals surface area contributed by atoms with Crippen LogP contribution in [-0.2, 0) is 4.79 Å². The first-order valence-electron chi connectivity index (χ1n) is 8.43. The van der Waals surface area contributed by atoms with E-state index in [9.17, 15) is 9.59 Å². The summed E-state index contributed by atoms with van der Waals surface area (Å²) in [6, 6.07) is 4.40. The van der Waals surface area contributed by atoms with Crippen LogP contribution in [0.3, 0.4) is 0 Å². The average molecular weight is 331 g/mol. The second-order valence-electron chi connectivity index (χ2n) is 6.85. The molecule has 2 saturated heterocycles. The third-order valence-corrected chi connectivity index (χ3v) is 5.68. The molecule has 1 saturated carbocycles. The molecule has 2 atom stereocenters. The number of carbonyl (C=O) groups excluding carboxylic acids is 2. The number of piperidine rings is 2. The molecule has 122 valence electrons. The standard InChI is InChI=1S/C17H21N3O2S/c21-15-6-3-11-10-19(9-7-14(11)20(15)12-4-5-12)17(22)13-2-1-8-18-16(13)23/h1-2,8,11-12,14H,3-7,9-10H2,(H,18,23)/t11-,14-/m0/s1. The van der Waals surface area contributed by atoms with Gasteiger partial charge in [-0.1, -0.05) is 12.2 Å². The number of nitrogens with one attached hydrogen (secondary N) is 1. The lowest BCUT2D eigenvalue weighted by atomic mass is 9.83. The summed E-state index contributed by atoms with van der Waals surface area (Å²) in [6.07, 6.45) is 6.46. The minimum Gasteiger partial charge on any atom is -0.352 e. The maximum atomic E-state index is 12.7. The third-order valence-electron chi connectivity index (χ3n) is 5.34. The Morgan fingerprint density at radius 3 is 2.83 bits per heavy atom. The molecule has 1 aliphatic carbocycles. The molecule has 0 radical (unpaired) electrons. The topological polar surface area (TPSA) is 56.4 Å². The predicted octanol–water partition coefficient (Wildman–Crippen LogP) is 2.36. The van der Waals surface area contributed by atoms with Gasteiger partial charge in [-0.2, -0.15) is 0 Å². The molecule has 1 aromatic heterocycles. The fourth-order valence-corrected chi connectivity index (χ4v) is 4.29. The van der Waals surface area contributed by atoms with E-state index in [4.69, 9.17) is 12.2 Å². The van der Waals surface area contributed by atoms with Crippen molar-refractivity contribution in [2.45, 2.75) is 44.2 Å². The highest BCUT2D eigenvalue weighted by Gasteiger charge is 2.45. The largest absolute Gasteiger partial charge is 0.352 e. The highest BCUT2D eigenvalue weighted by atomic mass is 32.1. The molecule has 1 N–H and O–H groups in total. The third kappa shape index (κ3) is 2.69. The molecule has 0 spiro atoms. The molecule has 4 rings (SSSR count). The number of likely N-dealkylation sites (tertiary alicyclic amines) is 2. The summed E-state index contributed by atoms with van der Waals surface area (Å²) in [5.74, 6) is 0.742. The summed E-state index contributed by atoms with van der Waals surface area (Å²) in [5, 5.41) is 0. The van der Waals surface area contributed by atoms with Crippen LogP contribution in [0.1, 0.15) is 42.5 Å². The number of rotatable bonds is 2. The smallest absolute Gasteiger partial charge is 0.256 e. The molecule has 1 aromatic rings. The summed E-state index contributed by atoms with van der Waals surface area (Å²) in [7, 11) is 0. The van der Waals surface area contributed by atoms with Crippen LogP contribution in [0.15, 0.2) is 18.3 Å². The molecule has 3 aliphatic rings. The van der Waals surface area contributed by atoms with E-state index < -0.39 is 0 Å². The van der Waals surface area contributed by atoms with Crippen LogP contribution in [0, 0.1) is 10.6 Å². The van der Waals surface area contributed by atoms with E-state index in [1.165, 1.54) is 0 Å². The lowest BCUT2D eigenvalue weighted by Crippen LogP contribution is -2.57. The average Bonchev–Trinajstić information content (AvgIpc) is 3.39. The highest BCUT2D eigenvalue weighted by Crippen LogP contribution is 2.39. The molecule has 0 unspecified atom stereocenters. The first-order valence-corrected chi connectivity index (χ1v) is 8.84. The van der Waals surface area contributed by atoms with Crippen LogP contribution in [-0.4, -0.2) is 51.8 Å². The summed E-state index contributed by atoms with van der Waals surface area (Å²) < 4.78 is 0.498. The fraction of sp³-hybridized carbons (Fsp3) is 0.588. The van der Waals surface area contributed by atoms with Gasteiger partial charge in [0, 0.05) is 37.8 Å². The maximum absolute atomic E-state index is 12.7. The van der Waals surface area contributed by atoms with Crippen molar-refractivity contribution in [2.24, 2.45) is 5.92 Å². The zero-order chi connectivity index (χ0) is 16.0. The first kappa shape index (κ1) is 14.9. The zero-order valence-corrected chi connectivity index (χ0v) is 13.8. The van der Waals surface area contributed by atoms with Crippen LogP contribution in [0.25, 0.3) is 0 Å². The van der Waals surface area contributed by atoms with Crippen molar-refractivity contribution in [3.8, 4) is 0 Å². The Morgan fingerprint density at radius 1 is 1.26 bits per heavy atom. The molecule has 2 aliphatic heterocycles. The van der Waals surface area contributed by atoms with Gasteiger partial charge in [-0.05, 0) is 43.7 Å².